The van der Waals surface area contributed by atoms with E-state index in [0.717, 1.165) is 11.1 Å². The van der Waals surface area contributed by atoms with Gasteiger partial charge in [-0.05, 0) is 5.41 Å². The van der Waals surface area contributed by atoms with Crippen LogP contribution in [0.25, 0.3) is 5.52 Å². The first kappa shape index (κ1) is 16.1. The quantitative estimate of drug-likeness (QED) is 0.940. The van der Waals surface area contributed by atoms with E-state index in [1.54, 1.807) is 15.6 Å². The lowest BCUT2D eigenvalue weighted by molar-refractivity contribution is 0.0126. The van der Waals surface area contributed by atoms with Crippen LogP contribution in [0.15, 0.2) is 18.6 Å². The Hall–Kier alpha value is -1.76. The molecule has 2 aromatic rings. The number of hydrogen-bond acceptors (Lipinski definition) is 4. The Balaban J connectivity index is 1.61. The topological polar surface area (TPSA) is 45.5 Å². The number of rotatable bonds is 4. The molecule has 1 N–H and O–H groups in total. The summed E-state index contributed by atoms with van der Waals surface area (Å²) in [5, 5.41) is 7.56. The van der Waals surface area contributed by atoms with Gasteiger partial charge in [0.2, 0.25) is 0 Å². The first-order valence-electron chi connectivity index (χ1n) is 7.93. The summed E-state index contributed by atoms with van der Waals surface area (Å²) in [5.41, 5.74) is 2.15. The summed E-state index contributed by atoms with van der Waals surface area (Å²) in [6, 6.07) is 0. The maximum Gasteiger partial charge on any atom is 0.261 e. The molecule has 0 radical (unpaired) electrons. The third-order valence-corrected chi connectivity index (χ3v) is 4.20. The van der Waals surface area contributed by atoms with Gasteiger partial charge in [-0.3, -0.25) is 4.90 Å². The molecule has 23 heavy (non-hydrogen) atoms. The lowest BCUT2D eigenvalue weighted by Crippen LogP contribution is -2.29. The van der Waals surface area contributed by atoms with Crippen LogP contribution in [0.1, 0.15) is 32.8 Å². The zero-order chi connectivity index (χ0) is 16.7. The van der Waals surface area contributed by atoms with Gasteiger partial charge in [-0.25, -0.2) is 18.3 Å². The third kappa shape index (κ3) is 3.60. The molecular weight excluding hydrogens is 300 g/mol. The van der Waals surface area contributed by atoms with E-state index < -0.39 is 5.92 Å². The summed E-state index contributed by atoms with van der Waals surface area (Å²) in [7, 11) is 0. The molecule has 0 saturated carbocycles. The highest BCUT2D eigenvalue weighted by atomic mass is 19.3. The Kier molecular flexibility index (Phi) is 4.00. The lowest BCUT2D eigenvalue weighted by Gasteiger charge is -2.17. The van der Waals surface area contributed by atoms with Crippen LogP contribution in [0.4, 0.5) is 14.6 Å². The summed E-state index contributed by atoms with van der Waals surface area (Å²) in [4.78, 5) is 6.18. The van der Waals surface area contributed by atoms with Crippen LogP contribution in [0, 0.1) is 0 Å². The van der Waals surface area contributed by atoms with Crippen molar-refractivity contribution in [3.63, 3.8) is 0 Å². The molecule has 0 atom stereocenters. The molecule has 126 valence electrons. The van der Waals surface area contributed by atoms with E-state index in [-0.39, 0.29) is 18.4 Å². The van der Waals surface area contributed by atoms with Crippen LogP contribution in [0.5, 0.6) is 0 Å². The van der Waals surface area contributed by atoms with Gasteiger partial charge in [0.05, 0.1) is 30.7 Å². The molecule has 1 aliphatic heterocycles. The normalized spacial score (nSPS) is 18.7. The van der Waals surface area contributed by atoms with Crippen molar-refractivity contribution >= 4 is 11.3 Å². The van der Waals surface area contributed by atoms with Gasteiger partial charge in [-0.2, -0.15) is 5.10 Å². The highest BCUT2D eigenvalue weighted by Crippen LogP contribution is 2.27. The second kappa shape index (κ2) is 5.70. The highest BCUT2D eigenvalue weighted by Gasteiger charge is 2.37. The summed E-state index contributed by atoms with van der Waals surface area (Å²) < 4.78 is 28.1. The van der Waals surface area contributed by atoms with Crippen molar-refractivity contribution in [1.82, 2.24) is 19.5 Å². The highest BCUT2D eigenvalue weighted by molar-refractivity contribution is 5.56. The summed E-state index contributed by atoms with van der Waals surface area (Å²) in [6.45, 7) is 7.90. The standard InChI is InChI=1S/C16H23F2N5/c1-15(2,3)12-8-21-23-10-14(20-9-13(12)23)19-5-7-22-6-4-16(17,18)11-22/h8-10,19H,4-7,11H2,1-3H3. The number of aromatic nitrogens is 3. The van der Waals surface area contributed by atoms with Crippen molar-refractivity contribution in [2.24, 2.45) is 0 Å². The summed E-state index contributed by atoms with van der Waals surface area (Å²) in [6.07, 6.45) is 5.47. The number of likely N-dealkylation sites (tertiary alicyclic amines) is 1. The van der Waals surface area contributed by atoms with Crippen molar-refractivity contribution in [1.29, 1.82) is 0 Å². The van der Waals surface area contributed by atoms with Crippen molar-refractivity contribution < 1.29 is 8.78 Å². The average molecular weight is 323 g/mol. The van der Waals surface area contributed by atoms with Crippen LogP contribution in [-0.4, -0.2) is 51.6 Å². The fourth-order valence-electron chi connectivity index (χ4n) is 2.89. The molecule has 0 bridgehead atoms. The Labute approximate surface area is 134 Å². The van der Waals surface area contributed by atoms with Gasteiger partial charge in [0.15, 0.2) is 0 Å². The summed E-state index contributed by atoms with van der Waals surface area (Å²) >= 11 is 0. The molecule has 0 aliphatic carbocycles. The van der Waals surface area contributed by atoms with E-state index in [9.17, 15) is 8.78 Å². The van der Waals surface area contributed by atoms with Crippen molar-refractivity contribution in [2.75, 3.05) is 31.5 Å². The molecular formula is C16H23F2N5. The lowest BCUT2D eigenvalue weighted by atomic mass is 9.88. The van der Waals surface area contributed by atoms with E-state index in [2.05, 4.69) is 36.2 Å². The molecule has 5 nitrogen and oxygen atoms in total. The fraction of sp³-hybridized carbons (Fsp3) is 0.625. The first-order valence-corrected chi connectivity index (χ1v) is 7.93. The van der Waals surface area contributed by atoms with E-state index in [1.807, 2.05) is 12.4 Å². The minimum atomic E-state index is -2.53. The van der Waals surface area contributed by atoms with Gasteiger partial charge in [-0.1, -0.05) is 20.8 Å². The number of hydrogen-bond donors (Lipinski definition) is 1. The number of nitrogens with zero attached hydrogens (tertiary/aromatic N) is 4. The van der Waals surface area contributed by atoms with E-state index in [1.165, 1.54) is 0 Å². The van der Waals surface area contributed by atoms with Gasteiger partial charge in [0.25, 0.3) is 5.92 Å². The second-order valence-corrected chi connectivity index (χ2v) is 7.22. The number of fused-ring (bicyclic) bond motifs is 1. The molecule has 0 amide bonds. The Morgan fingerprint density at radius 2 is 2.09 bits per heavy atom. The molecule has 0 aromatic carbocycles. The van der Waals surface area contributed by atoms with Crippen molar-refractivity contribution in [3.8, 4) is 0 Å². The zero-order valence-corrected chi connectivity index (χ0v) is 13.8. The van der Waals surface area contributed by atoms with Crippen molar-refractivity contribution in [3.05, 3.63) is 24.2 Å². The van der Waals surface area contributed by atoms with E-state index in [4.69, 9.17) is 0 Å². The molecule has 3 heterocycles. The van der Waals surface area contributed by atoms with Crippen LogP contribution in [-0.2, 0) is 5.41 Å². The number of halogens is 2. The van der Waals surface area contributed by atoms with E-state index in [0.29, 0.717) is 25.5 Å². The largest absolute Gasteiger partial charge is 0.368 e. The monoisotopic (exact) mass is 323 g/mol. The van der Waals surface area contributed by atoms with Crippen LogP contribution in [0.3, 0.4) is 0 Å². The van der Waals surface area contributed by atoms with Crippen molar-refractivity contribution in [2.45, 2.75) is 38.5 Å². The molecule has 0 spiro atoms. The van der Waals surface area contributed by atoms with Gasteiger partial charge in [-0.15, -0.1) is 0 Å². The maximum atomic E-state index is 13.1. The molecule has 1 aliphatic rings. The molecule has 2 aromatic heterocycles. The molecule has 1 saturated heterocycles. The summed E-state index contributed by atoms with van der Waals surface area (Å²) in [5.74, 6) is -1.83. The minimum Gasteiger partial charge on any atom is -0.368 e. The van der Waals surface area contributed by atoms with Gasteiger partial charge in [0, 0.05) is 31.6 Å². The van der Waals surface area contributed by atoms with Crippen LogP contribution >= 0.6 is 0 Å². The Morgan fingerprint density at radius 3 is 2.74 bits per heavy atom. The second-order valence-electron chi connectivity index (χ2n) is 7.22. The molecule has 7 heteroatoms. The van der Waals surface area contributed by atoms with Gasteiger partial charge >= 0.3 is 0 Å². The maximum absolute atomic E-state index is 13.1. The molecule has 1 fully saturated rings. The third-order valence-electron chi connectivity index (χ3n) is 4.20. The minimum absolute atomic E-state index is 0.0133. The van der Waals surface area contributed by atoms with Crippen LogP contribution in [0.2, 0.25) is 0 Å². The number of anilines is 1. The predicted octanol–water partition coefficient (Wildman–Crippen LogP) is 2.78. The predicted molar refractivity (Wildman–Crippen MR) is 86.2 cm³/mol. The molecule has 3 rings (SSSR count). The van der Waals surface area contributed by atoms with E-state index >= 15 is 0 Å². The van der Waals surface area contributed by atoms with Gasteiger partial charge in [0.1, 0.15) is 5.82 Å². The fourth-order valence-corrected chi connectivity index (χ4v) is 2.89. The molecule has 0 unspecified atom stereocenters. The van der Waals surface area contributed by atoms with Gasteiger partial charge < -0.3 is 5.32 Å². The van der Waals surface area contributed by atoms with Crippen LogP contribution < -0.4 is 5.32 Å². The SMILES string of the molecule is CC(C)(C)c1cnn2cc(NCCN3CCC(F)(F)C3)ncc12. The average Bonchev–Trinajstić information content (AvgIpc) is 3.01. The Morgan fingerprint density at radius 1 is 1.30 bits per heavy atom. The first-order chi connectivity index (χ1) is 10.7. The smallest absolute Gasteiger partial charge is 0.261 e. The zero-order valence-electron chi connectivity index (χ0n) is 13.8. The Bertz CT molecular complexity index is 689. The number of alkyl halides is 2. The number of nitrogens with one attached hydrogen (secondary N) is 1.